The topological polar surface area (TPSA) is 38.3 Å². The van der Waals surface area contributed by atoms with Gasteiger partial charge in [0.25, 0.3) is 0 Å². The van der Waals surface area contributed by atoms with Crippen molar-refractivity contribution in [2.24, 2.45) is 5.41 Å². The number of rotatable bonds is 5. The van der Waals surface area contributed by atoms with Crippen LogP contribution < -0.4 is 5.32 Å². The second kappa shape index (κ2) is 8.12. The Labute approximate surface area is 193 Å². The molecule has 31 heavy (non-hydrogen) atoms. The molecule has 0 amide bonds. The van der Waals surface area contributed by atoms with Crippen molar-refractivity contribution in [2.45, 2.75) is 56.8 Å². The van der Waals surface area contributed by atoms with E-state index < -0.39 is 0 Å². The quantitative estimate of drug-likeness (QED) is 0.521. The summed E-state index contributed by atoms with van der Waals surface area (Å²) in [6.45, 7) is 0.938. The molecule has 1 N–H and O–H groups in total. The molecule has 0 unspecified atom stereocenters. The van der Waals surface area contributed by atoms with Gasteiger partial charge in [-0.3, -0.25) is 0 Å². The van der Waals surface area contributed by atoms with Gasteiger partial charge in [0.1, 0.15) is 0 Å². The average Bonchev–Trinajstić information content (AvgIpc) is 2.83. The lowest BCUT2D eigenvalue weighted by atomic mass is 9.52. The van der Waals surface area contributed by atoms with E-state index in [2.05, 4.69) is 69.8 Å². The molecule has 6 rings (SSSR count). The molecular weight excluding hydrogens is 450 g/mol. The number of fused-ring (bicyclic) bond motifs is 4. The minimum atomic E-state index is -0.198. The molecule has 0 aromatic heterocycles. The van der Waals surface area contributed by atoms with E-state index in [0.29, 0.717) is 10.8 Å². The Morgan fingerprint density at radius 3 is 2.32 bits per heavy atom. The van der Waals surface area contributed by atoms with Crippen LogP contribution in [0.1, 0.15) is 61.6 Å². The largest absolute Gasteiger partial charge is 0.466 e. The van der Waals surface area contributed by atoms with Crippen molar-refractivity contribution in [3.8, 4) is 0 Å². The maximum absolute atomic E-state index is 12.5. The molecule has 162 valence electrons. The van der Waals surface area contributed by atoms with Crippen LogP contribution in [-0.4, -0.2) is 19.6 Å². The molecule has 4 heteroatoms. The summed E-state index contributed by atoms with van der Waals surface area (Å²) in [6, 6.07) is 17.5. The van der Waals surface area contributed by atoms with Crippen LogP contribution >= 0.6 is 15.9 Å². The van der Waals surface area contributed by atoms with Crippen molar-refractivity contribution in [1.82, 2.24) is 5.32 Å². The third kappa shape index (κ3) is 3.73. The predicted molar refractivity (Wildman–Crippen MR) is 128 cm³/mol. The molecule has 0 aliphatic heterocycles. The number of carbonyl (C=O) groups is 1. The van der Waals surface area contributed by atoms with Crippen molar-refractivity contribution < 1.29 is 9.53 Å². The third-order valence-corrected chi connectivity index (χ3v) is 8.69. The lowest BCUT2D eigenvalue weighted by Crippen LogP contribution is -2.48. The Bertz CT molecular complexity index is 999. The number of halogens is 1. The first kappa shape index (κ1) is 20.8. The second-order valence-corrected chi connectivity index (χ2v) is 10.6. The summed E-state index contributed by atoms with van der Waals surface area (Å²) in [5.41, 5.74) is 6.48. The maximum atomic E-state index is 12.5. The summed E-state index contributed by atoms with van der Waals surface area (Å²) in [5, 5.41) is 3.76. The first-order valence-electron chi connectivity index (χ1n) is 11.4. The third-order valence-electron chi connectivity index (χ3n) is 8.16. The highest BCUT2D eigenvalue weighted by Crippen LogP contribution is 2.57. The summed E-state index contributed by atoms with van der Waals surface area (Å²) in [7, 11) is 1.48. The van der Waals surface area contributed by atoms with Crippen LogP contribution in [0.3, 0.4) is 0 Å². The Hall–Kier alpha value is -2.07. The molecule has 2 aromatic rings. The Morgan fingerprint density at radius 1 is 0.968 bits per heavy atom. The number of esters is 1. The van der Waals surface area contributed by atoms with Gasteiger partial charge in [-0.2, -0.15) is 0 Å². The molecule has 0 spiro atoms. The van der Waals surface area contributed by atoms with Crippen LogP contribution in [0.4, 0.5) is 0 Å². The second-order valence-electron chi connectivity index (χ2n) is 9.64. The minimum Gasteiger partial charge on any atom is -0.466 e. The van der Waals surface area contributed by atoms with Gasteiger partial charge < -0.3 is 10.1 Å². The van der Waals surface area contributed by atoms with Gasteiger partial charge in [-0.05, 0) is 85.5 Å². The molecule has 3 nitrogen and oxygen atoms in total. The van der Waals surface area contributed by atoms with Crippen LogP contribution in [0.15, 0.2) is 58.6 Å². The standard InChI is InChI=1S/C27H30BrNO2/c1-31-25(30)23-11-6-19-4-2-3-5-22(19)24(23)29-18-26-12-15-27(16-13-26,17-14-26)20-7-9-21(28)10-8-20/h2-5,7-10,29H,6,11-18H2,1H3. The maximum Gasteiger partial charge on any atom is 0.335 e. The van der Waals surface area contributed by atoms with Crippen molar-refractivity contribution in [1.29, 1.82) is 0 Å². The number of carbonyl (C=O) groups excluding carboxylic acids is 1. The fourth-order valence-corrected chi connectivity index (χ4v) is 6.36. The van der Waals surface area contributed by atoms with Gasteiger partial charge in [0.2, 0.25) is 0 Å². The van der Waals surface area contributed by atoms with Crippen molar-refractivity contribution in [2.75, 3.05) is 13.7 Å². The highest BCUT2D eigenvalue weighted by Gasteiger charge is 2.49. The highest BCUT2D eigenvalue weighted by molar-refractivity contribution is 9.10. The van der Waals surface area contributed by atoms with Gasteiger partial charge in [0, 0.05) is 16.6 Å². The molecule has 4 aliphatic carbocycles. The number of aryl methyl sites for hydroxylation is 1. The van der Waals surface area contributed by atoms with E-state index in [-0.39, 0.29) is 5.97 Å². The lowest BCUT2D eigenvalue weighted by Gasteiger charge is -2.54. The average molecular weight is 480 g/mol. The number of hydrogen-bond donors (Lipinski definition) is 1. The van der Waals surface area contributed by atoms with E-state index in [1.165, 1.54) is 62.3 Å². The first-order chi connectivity index (χ1) is 15.0. The Balaban J connectivity index is 1.35. The summed E-state index contributed by atoms with van der Waals surface area (Å²) in [6.07, 6.45) is 9.16. The van der Waals surface area contributed by atoms with E-state index >= 15 is 0 Å². The van der Waals surface area contributed by atoms with Crippen LogP contribution in [0, 0.1) is 5.41 Å². The van der Waals surface area contributed by atoms with E-state index in [1.54, 1.807) is 0 Å². The van der Waals surface area contributed by atoms with Crippen LogP contribution in [0.2, 0.25) is 0 Å². The number of ether oxygens (including phenoxy) is 1. The zero-order chi connectivity index (χ0) is 21.5. The van der Waals surface area contributed by atoms with E-state index in [1.807, 2.05) is 0 Å². The zero-order valence-electron chi connectivity index (χ0n) is 18.2. The van der Waals surface area contributed by atoms with Crippen LogP contribution in [0.5, 0.6) is 0 Å². The van der Waals surface area contributed by atoms with E-state index in [0.717, 1.165) is 35.1 Å². The Kier molecular flexibility index (Phi) is 5.45. The smallest absolute Gasteiger partial charge is 0.335 e. The molecule has 0 heterocycles. The van der Waals surface area contributed by atoms with E-state index in [9.17, 15) is 4.79 Å². The molecule has 3 saturated carbocycles. The van der Waals surface area contributed by atoms with Gasteiger partial charge in [-0.25, -0.2) is 4.79 Å². The zero-order valence-corrected chi connectivity index (χ0v) is 19.8. The predicted octanol–water partition coefficient (Wildman–Crippen LogP) is 6.16. The molecule has 2 aromatic carbocycles. The van der Waals surface area contributed by atoms with Crippen LogP contribution in [0.25, 0.3) is 5.70 Å². The van der Waals surface area contributed by atoms with Gasteiger partial charge in [-0.15, -0.1) is 0 Å². The summed E-state index contributed by atoms with van der Waals surface area (Å²) >= 11 is 3.57. The number of methoxy groups -OCH3 is 1. The molecule has 2 bridgehead atoms. The molecule has 3 fully saturated rings. The van der Waals surface area contributed by atoms with E-state index in [4.69, 9.17) is 4.74 Å². The molecule has 0 radical (unpaired) electrons. The molecule has 0 atom stereocenters. The first-order valence-corrected chi connectivity index (χ1v) is 12.2. The fourth-order valence-electron chi connectivity index (χ4n) is 6.10. The van der Waals surface area contributed by atoms with Crippen molar-refractivity contribution in [3.05, 3.63) is 75.3 Å². The van der Waals surface area contributed by atoms with Crippen molar-refractivity contribution >= 4 is 27.6 Å². The van der Waals surface area contributed by atoms with Gasteiger partial charge in [0.15, 0.2) is 0 Å². The summed E-state index contributed by atoms with van der Waals surface area (Å²) in [4.78, 5) is 12.5. The Morgan fingerprint density at radius 2 is 1.65 bits per heavy atom. The molecule has 4 aliphatic rings. The summed E-state index contributed by atoms with van der Waals surface area (Å²) < 4.78 is 6.27. The van der Waals surface area contributed by atoms with Gasteiger partial charge >= 0.3 is 5.97 Å². The monoisotopic (exact) mass is 479 g/mol. The SMILES string of the molecule is COC(=O)C1=C(NCC23CCC(c4ccc(Br)cc4)(CC2)CC3)c2ccccc2CC1. The highest BCUT2D eigenvalue weighted by atomic mass is 79.9. The van der Waals surface area contributed by atoms with Gasteiger partial charge in [0.05, 0.1) is 18.4 Å². The van der Waals surface area contributed by atoms with Crippen molar-refractivity contribution in [3.63, 3.8) is 0 Å². The van der Waals surface area contributed by atoms with Crippen LogP contribution in [-0.2, 0) is 21.4 Å². The number of hydrogen-bond acceptors (Lipinski definition) is 3. The summed E-state index contributed by atoms with van der Waals surface area (Å²) in [5.74, 6) is -0.198. The minimum absolute atomic E-state index is 0.198. The molecular formula is C27H30BrNO2. The number of nitrogens with one attached hydrogen (secondary N) is 1. The fraction of sp³-hybridized carbons (Fsp3) is 0.444. The lowest BCUT2D eigenvalue weighted by molar-refractivity contribution is -0.136. The van der Waals surface area contributed by atoms with Gasteiger partial charge in [-0.1, -0.05) is 52.3 Å². The molecule has 0 saturated heterocycles. The number of benzene rings is 2. The normalized spacial score (nSPS) is 27.0.